The monoisotopic (exact) mass is 321 g/mol. The van der Waals surface area contributed by atoms with Gasteiger partial charge in [-0.15, -0.1) is 0 Å². The van der Waals surface area contributed by atoms with Gasteiger partial charge in [0, 0.05) is 28.4 Å². The Labute approximate surface area is 124 Å². The van der Waals surface area contributed by atoms with Crippen molar-refractivity contribution in [3.63, 3.8) is 0 Å². The summed E-state index contributed by atoms with van der Waals surface area (Å²) in [6.07, 6.45) is 1.84. The molecular formula is C13H17Cl2NO2S. The Balaban J connectivity index is 2.03. The standard InChI is InChI=1S/C13H17Cl2NO2S/c1-2-19(17,18)6-5-16-13-4-3-10-11(13)7-9(14)8-12(10)15/h7-8,13,16H,2-6H2,1H3/t13-/m0/s1. The van der Waals surface area contributed by atoms with E-state index >= 15 is 0 Å². The van der Waals surface area contributed by atoms with Crippen LogP contribution < -0.4 is 5.32 Å². The molecule has 1 N–H and O–H groups in total. The van der Waals surface area contributed by atoms with Crippen molar-refractivity contribution in [1.82, 2.24) is 5.32 Å². The van der Waals surface area contributed by atoms with Crippen molar-refractivity contribution in [3.8, 4) is 0 Å². The quantitative estimate of drug-likeness (QED) is 0.906. The molecule has 0 saturated heterocycles. The SMILES string of the molecule is CCS(=O)(=O)CCN[C@H]1CCc2c(Cl)cc(Cl)cc21. The first kappa shape index (κ1) is 15.1. The van der Waals surface area contributed by atoms with Crippen LogP contribution in [0.4, 0.5) is 0 Å². The van der Waals surface area contributed by atoms with Gasteiger partial charge in [-0.1, -0.05) is 30.1 Å². The van der Waals surface area contributed by atoms with Crippen LogP contribution in [0.1, 0.15) is 30.5 Å². The number of nitrogens with one attached hydrogen (secondary N) is 1. The maximum atomic E-state index is 11.4. The fraction of sp³-hybridized carbons (Fsp3) is 0.538. The van der Waals surface area contributed by atoms with Gasteiger partial charge in [0.1, 0.15) is 0 Å². The summed E-state index contributed by atoms with van der Waals surface area (Å²) in [6, 6.07) is 3.83. The predicted octanol–water partition coefficient (Wildman–Crippen LogP) is 3.01. The molecule has 1 aliphatic carbocycles. The van der Waals surface area contributed by atoms with Crippen LogP contribution in [0.3, 0.4) is 0 Å². The number of rotatable bonds is 5. The highest BCUT2D eigenvalue weighted by Gasteiger charge is 2.24. The van der Waals surface area contributed by atoms with Crippen molar-refractivity contribution in [1.29, 1.82) is 0 Å². The lowest BCUT2D eigenvalue weighted by Gasteiger charge is -2.14. The van der Waals surface area contributed by atoms with E-state index in [2.05, 4.69) is 5.32 Å². The molecule has 1 aromatic carbocycles. The molecule has 0 fully saturated rings. The molecule has 106 valence electrons. The molecular weight excluding hydrogens is 305 g/mol. The Morgan fingerprint density at radius 1 is 1.37 bits per heavy atom. The molecule has 2 rings (SSSR count). The zero-order chi connectivity index (χ0) is 14.0. The summed E-state index contributed by atoms with van der Waals surface area (Å²) >= 11 is 12.2. The van der Waals surface area contributed by atoms with Crippen molar-refractivity contribution in [2.75, 3.05) is 18.1 Å². The summed E-state index contributed by atoms with van der Waals surface area (Å²) in [7, 11) is -2.92. The molecule has 0 unspecified atom stereocenters. The number of hydrogen-bond acceptors (Lipinski definition) is 3. The molecule has 0 aliphatic heterocycles. The van der Waals surface area contributed by atoms with Crippen molar-refractivity contribution in [2.24, 2.45) is 0 Å². The highest BCUT2D eigenvalue weighted by atomic mass is 35.5. The summed E-state index contributed by atoms with van der Waals surface area (Å²) in [5, 5.41) is 4.61. The molecule has 0 heterocycles. The van der Waals surface area contributed by atoms with Crippen LogP contribution in [0.5, 0.6) is 0 Å². The number of fused-ring (bicyclic) bond motifs is 1. The van der Waals surface area contributed by atoms with Gasteiger partial charge >= 0.3 is 0 Å². The fourth-order valence-electron chi connectivity index (χ4n) is 2.39. The van der Waals surface area contributed by atoms with E-state index in [1.54, 1.807) is 13.0 Å². The molecule has 0 saturated carbocycles. The van der Waals surface area contributed by atoms with Gasteiger partial charge < -0.3 is 5.32 Å². The Hall–Kier alpha value is -0.290. The lowest BCUT2D eigenvalue weighted by atomic mass is 10.1. The summed E-state index contributed by atoms with van der Waals surface area (Å²) in [5.74, 6) is 0.358. The summed E-state index contributed by atoms with van der Waals surface area (Å²) in [6.45, 7) is 2.13. The lowest BCUT2D eigenvalue weighted by Crippen LogP contribution is -2.26. The van der Waals surface area contributed by atoms with Gasteiger partial charge in [-0.05, 0) is 36.1 Å². The lowest BCUT2D eigenvalue weighted by molar-refractivity contribution is 0.541. The van der Waals surface area contributed by atoms with E-state index in [-0.39, 0.29) is 17.5 Å². The maximum Gasteiger partial charge on any atom is 0.151 e. The molecule has 0 amide bonds. The van der Waals surface area contributed by atoms with E-state index < -0.39 is 9.84 Å². The highest BCUT2D eigenvalue weighted by Crippen LogP contribution is 2.37. The second-order valence-electron chi connectivity index (χ2n) is 4.74. The van der Waals surface area contributed by atoms with Crippen LogP contribution in [-0.4, -0.2) is 26.5 Å². The molecule has 0 radical (unpaired) electrons. The predicted molar refractivity (Wildman–Crippen MR) is 79.9 cm³/mol. The number of sulfone groups is 1. The molecule has 1 atom stereocenters. The topological polar surface area (TPSA) is 46.2 Å². The van der Waals surface area contributed by atoms with Crippen LogP contribution in [0.2, 0.25) is 10.0 Å². The summed E-state index contributed by atoms with van der Waals surface area (Å²) in [4.78, 5) is 0. The fourth-order valence-corrected chi connectivity index (χ4v) is 3.71. The average molecular weight is 322 g/mol. The largest absolute Gasteiger partial charge is 0.309 e. The number of hydrogen-bond donors (Lipinski definition) is 1. The molecule has 19 heavy (non-hydrogen) atoms. The van der Waals surface area contributed by atoms with Crippen molar-refractivity contribution in [2.45, 2.75) is 25.8 Å². The van der Waals surface area contributed by atoms with Crippen molar-refractivity contribution in [3.05, 3.63) is 33.3 Å². The second-order valence-corrected chi connectivity index (χ2v) is 8.05. The smallest absolute Gasteiger partial charge is 0.151 e. The molecule has 6 heteroatoms. The Bertz CT molecular complexity index is 572. The van der Waals surface area contributed by atoms with Gasteiger partial charge in [0.15, 0.2) is 9.84 Å². The number of benzene rings is 1. The number of halogens is 2. The minimum atomic E-state index is -2.92. The molecule has 1 aromatic rings. The van der Waals surface area contributed by atoms with Gasteiger partial charge in [0.2, 0.25) is 0 Å². The first-order chi connectivity index (χ1) is 8.93. The van der Waals surface area contributed by atoms with E-state index in [1.165, 1.54) is 0 Å². The van der Waals surface area contributed by atoms with Crippen LogP contribution in [0.25, 0.3) is 0 Å². The van der Waals surface area contributed by atoms with Gasteiger partial charge in [-0.3, -0.25) is 0 Å². The summed E-state index contributed by atoms with van der Waals surface area (Å²) < 4.78 is 22.9. The third kappa shape index (κ3) is 3.63. The highest BCUT2D eigenvalue weighted by molar-refractivity contribution is 7.91. The maximum absolute atomic E-state index is 11.4. The normalized spacial score (nSPS) is 18.6. The van der Waals surface area contributed by atoms with E-state index in [9.17, 15) is 8.42 Å². The molecule has 0 aromatic heterocycles. The second kappa shape index (κ2) is 6.00. The van der Waals surface area contributed by atoms with Crippen LogP contribution in [0.15, 0.2) is 12.1 Å². The molecule has 0 spiro atoms. The molecule has 1 aliphatic rings. The van der Waals surface area contributed by atoms with Crippen LogP contribution in [-0.2, 0) is 16.3 Å². The third-order valence-electron chi connectivity index (χ3n) is 3.50. The van der Waals surface area contributed by atoms with Crippen LogP contribution >= 0.6 is 23.2 Å². The van der Waals surface area contributed by atoms with Crippen molar-refractivity contribution < 1.29 is 8.42 Å². The van der Waals surface area contributed by atoms with Gasteiger partial charge in [0.05, 0.1) is 5.75 Å². The molecule has 3 nitrogen and oxygen atoms in total. The van der Waals surface area contributed by atoms with Crippen molar-refractivity contribution >= 4 is 33.0 Å². The zero-order valence-electron chi connectivity index (χ0n) is 10.7. The van der Waals surface area contributed by atoms with Gasteiger partial charge in [-0.25, -0.2) is 8.42 Å². The average Bonchev–Trinajstić information content (AvgIpc) is 2.73. The van der Waals surface area contributed by atoms with E-state index in [4.69, 9.17) is 23.2 Å². The Morgan fingerprint density at radius 2 is 2.11 bits per heavy atom. The Morgan fingerprint density at radius 3 is 2.79 bits per heavy atom. The zero-order valence-corrected chi connectivity index (χ0v) is 13.1. The Kier molecular flexibility index (Phi) is 4.77. The van der Waals surface area contributed by atoms with E-state index in [0.29, 0.717) is 16.6 Å². The van der Waals surface area contributed by atoms with Gasteiger partial charge in [0.25, 0.3) is 0 Å². The first-order valence-electron chi connectivity index (χ1n) is 6.34. The first-order valence-corrected chi connectivity index (χ1v) is 8.92. The van der Waals surface area contributed by atoms with E-state index in [0.717, 1.165) is 24.0 Å². The molecule has 0 bridgehead atoms. The van der Waals surface area contributed by atoms with Gasteiger partial charge in [-0.2, -0.15) is 0 Å². The van der Waals surface area contributed by atoms with E-state index in [1.807, 2.05) is 6.07 Å². The minimum absolute atomic E-state index is 0.151. The van der Waals surface area contributed by atoms with Crippen LogP contribution in [0, 0.1) is 0 Å². The third-order valence-corrected chi connectivity index (χ3v) is 5.76. The summed E-state index contributed by atoms with van der Waals surface area (Å²) in [5.41, 5.74) is 2.23. The minimum Gasteiger partial charge on any atom is -0.309 e.